The van der Waals surface area contributed by atoms with Crippen LogP contribution in [0.1, 0.15) is 4.88 Å². The van der Waals surface area contributed by atoms with Crippen LogP contribution in [0, 0.1) is 0 Å². The zero-order valence-corrected chi connectivity index (χ0v) is 10.8. The summed E-state index contributed by atoms with van der Waals surface area (Å²) in [5.41, 5.74) is 0. The van der Waals surface area contributed by atoms with Crippen LogP contribution < -0.4 is 4.90 Å². The second-order valence-electron chi connectivity index (χ2n) is 3.51. The minimum absolute atomic E-state index is 0.136. The maximum atomic E-state index is 11.2. The van der Waals surface area contributed by atoms with Crippen molar-refractivity contribution >= 4 is 37.9 Å². The van der Waals surface area contributed by atoms with E-state index >= 15 is 0 Å². The van der Waals surface area contributed by atoms with E-state index in [1.165, 1.54) is 11.3 Å². The first-order valence-electron chi connectivity index (χ1n) is 4.73. The van der Waals surface area contributed by atoms with Gasteiger partial charge >= 0.3 is 0 Å². The quantitative estimate of drug-likeness (QED) is 0.856. The Bertz CT molecular complexity index is 471. The molecule has 90 valence electrons. The smallest absolute Gasteiger partial charge is 0.187 e. The monoisotopic (exact) mass is 282 g/mol. The van der Waals surface area contributed by atoms with Crippen LogP contribution in [0.5, 0.6) is 0 Å². The molecule has 0 atom stereocenters. The molecule has 16 heavy (non-hydrogen) atoms. The first kappa shape index (κ1) is 12.1. The molecule has 1 aromatic rings. The van der Waals surface area contributed by atoms with Gasteiger partial charge in [0.25, 0.3) is 0 Å². The summed E-state index contributed by atoms with van der Waals surface area (Å²) < 4.78 is 22.5. The Morgan fingerprint density at radius 1 is 1.44 bits per heavy atom. The van der Waals surface area contributed by atoms with Crippen molar-refractivity contribution in [2.45, 2.75) is 6.61 Å². The summed E-state index contributed by atoms with van der Waals surface area (Å²) in [6.07, 6.45) is 0. The molecule has 0 unspecified atom stereocenters. The van der Waals surface area contributed by atoms with E-state index in [9.17, 15) is 8.42 Å². The third-order valence-corrected chi connectivity index (χ3v) is 5.53. The van der Waals surface area contributed by atoms with Crippen molar-refractivity contribution in [3.63, 3.8) is 0 Å². The van der Waals surface area contributed by atoms with Gasteiger partial charge in [-0.3, -0.25) is 0 Å². The summed E-state index contributed by atoms with van der Waals surface area (Å²) in [6.45, 7) is 0.747. The highest BCUT2D eigenvalue weighted by Crippen LogP contribution is 2.30. The van der Waals surface area contributed by atoms with Crippen LogP contribution in [0.2, 0.25) is 5.15 Å². The lowest BCUT2D eigenvalue weighted by Gasteiger charge is -2.25. The van der Waals surface area contributed by atoms with Crippen molar-refractivity contribution in [1.82, 2.24) is 4.98 Å². The zero-order valence-electron chi connectivity index (χ0n) is 8.39. The molecule has 1 aliphatic rings. The summed E-state index contributed by atoms with van der Waals surface area (Å²) in [5, 5.41) is 9.97. The average molecular weight is 283 g/mol. The van der Waals surface area contributed by atoms with Crippen molar-refractivity contribution in [1.29, 1.82) is 0 Å². The molecule has 8 heteroatoms. The van der Waals surface area contributed by atoms with Crippen molar-refractivity contribution in [2.24, 2.45) is 0 Å². The first-order valence-corrected chi connectivity index (χ1v) is 7.75. The van der Waals surface area contributed by atoms with E-state index in [1.54, 1.807) is 0 Å². The Kier molecular flexibility index (Phi) is 3.39. The molecule has 1 aromatic heterocycles. The van der Waals surface area contributed by atoms with Crippen LogP contribution in [0.15, 0.2) is 0 Å². The summed E-state index contributed by atoms with van der Waals surface area (Å²) in [5.74, 6) is 0.303. The number of aliphatic hydroxyl groups excluding tert-OH is 1. The second-order valence-corrected chi connectivity index (χ2v) is 7.23. The second kappa shape index (κ2) is 4.48. The largest absolute Gasteiger partial charge is 0.391 e. The molecular weight excluding hydrogens is 272 g/mol. The van der Waals surface area contributed by atoms with Crippen molar-refractivity contribution in [2.75, 3.05) is 29.5 Å². The minimum atomic E-state index is -2.88. The predicted octanol–water partition coefficient (Wildman–Crippen LogP) is 0.524. The Labute approximate surface area is 103 Å². The molecule has 2 rings (SSSR count). The lowest BCUT2D eigenvalue weighted by molar-refractivity contribution is 0.285. The lowest BCUT2D eigenvalue weighted by atomic mass is 10.5. The molecule has 1 saturated heterocycles. The Morgan fingerprint density at radius 3 is 2.56 bits per heavy atom. The number of rotatable bonds is 2. The molecule has 0 saturated carbocycles. The van der Waals surface area contributed by atoms with Gasteiger partial charge in [-0.2, -0.15) is 0 Å². The van der Waals surface area contributed by atoms with E-state index < -0.39 is 9.84 Å². The normalized spacial score (nSPS) is 20.0. The molecule has 0 spiro atoms. The maximum Gasteiger partial charge on any atom is 0.187 e. The maximum absolute atomic E-state index is 11.2. The topological polar surface area (TPSA) is 70.5 Å². The van der Waals surface area contributed by atoms with Gasteiger partial charge in [0.2, 0.25) is 0 Å². The third kappa shape index (κ3) is 2.48. The van der Waals surface area contributed by atoms with Crippen LogP contribution in [-0.2, 0) is 16.4 Å². The van der Waals surface area contributed by atoms with E-state index in [0.717, 1.165) is 0 Å². The highest BCUT2D eigenvalue weighted by molar-refractivity contribution is 7.91. The molecule has 0 aliphatic carbocycles. The predicted molar refractivity (Wildman–Crippen MR) is 63.9 cm³/mol. The van der Waals surface area contributed by atoms with Crippen LogP contribution in [-0.4, -0.2) is 43.1 Å². The average Bonchev–Trinajstić information content (AvgIpc) is 2.59. The van der Waals surface area contributed by atoms with Crippen molar-refractivity contribution in [3.05, 3.63) is 10.0 Å². The first-order chi connectivity index (χ1) is 7.52. The van der Waals surface area contributed by atoms with Crippen LogP contribution >= 0.6 is 22.9 Å². The summed E-state index contributed by atoms with van der Waals surface area (Å²) >= 11 is 7.12. The van der Waals surface area contributed by atoms with Crippen molar-refractivity contribution in [3.8, 4) is 0 Å². The number of anilines is 1. The SMILES string of the molecule is O=S1(=O)CCN(c2nc(Cl)c(CO)s2)CC1. The van der Waals surface area contributed by atoms with E-state index in [1.807, 2.05) is 4.90 Å². The van der Waals surface area contributed by atoms with Gasteiger partial charge in [0, 0.05) is 13.1 Å². The van der Waals surface area contributed by atoms with E-state index in [0.29, 0.717) is 28.3 Å². The standard InChI is InChI=1S/C8H11ClN2O3S2/c9-7-6(5-12)15-8(10-7)11-1-3-16(13,14)4-2-11/h12H,1-5H2. The fraction of sp³-hybridized carbons (Fsp3) is 0.625. The zero-order chi connectivity index (χ0) is 11.8. The van der Waals surface area contributed by atoms with Gasteiger partial charge in [-0.1, -0.05) is 22.9 Å². The Balaban J connectivity index is 2.14. The third-order valence-electron chi connectivity index (χ3n) is 2.40. The molecule has 2 heterocycles. The fourth-order valence-corrected chi connectivity index (χ4v) is 3.83. The van der Waals surface area contributed by atoms with E-state index in [4.69, 9.17) is 16.7 Å². The minimum Gasteiger partial charge on any atom is -0.391 e. The molecule has 0 aromatic carbocycles. The number of thiazole rings is 1. The number of halogens is 1. The number of aromatic nitrogens is 1. The van der Waals surface area contributed by atoms with Gasteiger partial charge in [0.15, 0.2) is 15.0 Å². The van der Waals surface area contributed by atoms with E-state index in [2.05, 4.69) is 4.98 Å². The molecule has 1 fully saturated rings. The Morgan fingerprint density at radius 2 is 2.06 bits per heavy atom. The van der Waals surface area contributed by atoms with Crippen LogP contribution in [0.3, 0.4) is 0 Å². The number of hydrogen-bond donors (Lipinski definition) is 1. The number of sulfone groups is 1. The molecule has 0 radical (unpaired) electrons. The Hall–Kier alpha value is -0.370. The number of hydrogen-bond acceptors (Lipinski definition) is 6. The molecule has 0 bridgehead atoms. The molecule has 1 aliphatic heterocycles. The fourth-order valence-electron chi connectivity index (χ4n) is 1.46. The lowest BCUT2D eigenvalue weighted by Crippen LogP contribution is -2.40. The summed E-state index contributed by atoms with van der Waals surface area (Å²) in [4.78, 5) is 6.61. The van der Waals surface area contributed by atoms with Gasteiger partial charge in [0.05, 0.1) is 23.0 Å². The molecular formula is C8H11ClN2O3S2. The highest BCUT2D eigenvalue weighted by Gasteiger charge is 2.24. The van der Waals surface area contributed by atoms with Crippen LogP contribution in [0.25, 0.3) is 0 Å². The van der Waals surface area contributed by atoms with Crippen molar-refractivity contribution < 1.29 is 13.5 Å². The van der Waals surface area contributed by atoms with E-state index in [-0.39, 0.29) is 18.1 Å². The molecule has 0 amide bonds. The van der Waals surface area contributed by atoms with Gasteiger partial charge in [-0.15, -0.1) is 0 Å². The summed E-state index contributed by atoms with van der Waals surface area (Å²) in [6, 6.07) is 0. The highest BCUT2D eigenvalue weighted by atomic mass is 35.5. The van der Waals surface area contributed by atoms with Gasteiger partial charge in [-0.05, 0) is 0 Å². The van der Waals surface area contributed by atoms with Crippen LogP contribution in [0.4, 0.5) is 5.13 Å². The van der Waals surface area contributed by atoms with Gasteiger partial charge < -0.3 is 10.0 Å². The number of aliphatic hydroxyl groups is 1. The number of nitrogens with zero attached hydrogens (tertiary/aromatic N) is 2. The molecule has 5 nitrogen and oxygen atoms in total. The van der Waals surface area contributed by atoms with Gasteiger partial charge in [0.1, 0.15) is 5.15 Å². The van der Waals surface area contributed by atoms with Gasteiger partial charge in [-0.25, -0.2) is 13.4 Å². The molecule has 1 N–H and O–H groups in total. The summed E-state index contributed by atoms with van der Waals surface area (Å²) in [7, 11) is -2.88.